The maximum absolute atomic E-state index is 5.82. The number of fused-ring (bicyclic) bond motifs is 1. The molecule has 1 heterocycles. The molecule has 112 valence electrons. The van der Waals surface area contributed by atoms with Crippen LogP contribution in [0.5, 0.6) is 5.75 Å². The van der Waals surface area contributed by atoms with Gasteiger partial charge < -0.3 is 14.8 Å². The Bertz CT molecular complexity index is 419. The van der Waals surface area contributed by atoms with Crippen molar-refractivity contribution in [2.75, 3.05) is 20.3 Å². The van der Waals surface area contributed by atoms with Crippen LogP contribution in [0.2, 0.25) is 0 Å². The molecule has 0 saturated carbocycles. The monoisotopic (exact) mass is 277 g/mol. The van der Waals surface area contributed by atoms with Crippen molar-refractivity contribution in [1.29, 1.82) is 0 Å². The summed E-state index contributed by atoms with van der Waals surface area (Å²) in [6, 6.07) is 7.03. The predicted molar refractivity (Wildman–Crippen MR) is 82.5 cm³/mol. The largest absolute Gasteiger partial charge is 0.493 e. The van der Waals surface area contributed by atoms with Gasteiger partial charge in [-0.15, -0.1) is 0 Å². The summed E-state index contributed by atoms with van der Waals surface area (Å²) in [6.07, 6.45) is 4.60. The van der Waals surface area contributed by atoms with E-state index in [1.165, 1.54) is 11.1 Å². The zero-order valence-electron chi connectivity index (χ0n) is 12.9. The Balaban J connectivity index is 1.92. The highest BCUT2D eigenvalue weighted by atomic mass is 16.5. The molecule has 20 heavy (non-hydrogen) atoms. The SMILES string of the molecule is CCOC(CC)C(CCc1ccc2c(c1)CCO2)NC. The van der Waals surface area contributed by atoms with Gasteiger partial charge in [-0.3, -0.25) is 0 Å². The number of hydrogen-bond donors (Lipinski definition) is 1. The highest BCUT2D eigenvalue weighted by molar-refractivity contribution is 5.39. The molecule has 2 atom stereocenters. The van der Waals surface area contributed by atoms with Crippen LogP contribution in [0, 0.1) is 0 Å². The standard InChI is InChI=1S/C17H27NO2/c1-4-16(19-5-2)15(18-3)8-6-13-7-9-17-14(12-13)10-11-20-17/h7,9,12,15-16,18H,4-6,8,10-11H2,1-3H3. The minimum absolute atomic E-state index is 0.308. The Morgan fingerprint density at radius 3 is 2.90 bits per heavy atom. The molecule has 0 fully saturated rings. The molecule has 2 unspecified atom stereocenters. The third-order valence-electron chi connectivity index (χ3n) is 4.10. The van der Waals surface area contributed by atoms with E-state index >= 15 is 0 Å². The van der Waals surface area contributed by atoms with Crippen LogP contribution in [0.4, 0.5) is 0 Å². The van der Waals surface area contributed by atoms with Crippen LogP contribution in [0.15, 0.2) is 18.2 Å². The molecule has 1 aromatic carbocycles. The summed E-state index contributed by atoms with van der Waals surface area (Å²) in [7, 11) is 2.03. The molecule has 1 aliphatic rings. The Labute approximate surface area is 122 Å². The number of rotatable bonds is 8. The third kappa shape index (κ3) is 3.74. The average Bonchev–Trinajstić information content (AvgIpc) is 2.94. The van der Waals surface area contributed by atoms with Crippen LogP contribution in [-0.4, -0.2) is 32.4 Å². The fraction of sp³-hybridized carbons (Fsp3) is 0.647. The van der Waals surface area contributed by atoms with Crippen LogP contribution >= 0.6 is 0 Å². The van der Waals surface area contributed by atoms with Gasteiger partial charge in [-0.25, -0.2) is 0 Å². The molecule has 1 aromatic rings. The smallest absolute Gasteiger partial charge is 0.122 e. The molecule has 1 aliphatic heterocycles. The molecular weight excluding hydrogens is 250 g/mol. The first-order chi connectivity index (χ1) is 9.78. The van der Waals surface area contributed by atoms with Crippen molar-refractivity contribution in [2.45, 2.75) is 51.7 Å². The van der Waals surface area contributed by atoms with E-state index in [2.05, 4.69) is 37.4 Å². The van der Waals surface area contributed by atoms with E-state index in [1.807, 2.05) is 7.05 Å². The van der Waals surface area contributed by atoms with E-state index in [0.717, 1.165) is 44.6 Å². The lowest BCUT2D eigenvalue weighted by atomic mass is 9.98. The number of ether oxygens (including phenoxy) is 2. The van der Waals surface area contributed by atoms with Crippen LogP contribution in [0.3, 0.4) is 0 Å². The van der Waals surface area contributed by atoms with E-state index in [9.17, 15) is 0 Å². The minimum atomic E-state index is 0.308. The summed E-state index contributed by atoms with van der Waals surface area (Å²) in [5, 5.41) is 3.41. The van der Waals surface area contributed by atoms with Gasteiger partial charge in [0.15, 0.2) is 0 Å². The molecule has 0 spiro atoms. The Morgan fingerprint density at radius 2 is 2.20 bits per heavy atom. The van der Waals surface area contributed by atoms with Gasteiger partial charge in [0.05, 0.1) is 12.7 Å². The van der Waals surface area contributed by atoms with Gasteiger partial charge in [-0.05, 0) is 50.4 Å². The minimum Gasteiger partial charge on any atom is -0.493 e. The Kier molecular flexibility index (Phi) is 5.86. The zero-order valence-corrected chi connectivity index (χ0v) is 12.9. The fourth-order valence-electron chi connectivity index (χ4n) is 2.97. The lowest BCUT2D eigenvalue weighted by molar-refractivity contribution is 0.0317. The van der Waals surface area contributed by atoms with Crippen molar-refractivity contribution in [3.63, 3.8) is 0 Å². The van der Waals surface area contributed by atoms with Crippen molar-refractivity contribution in [1.82, 2.24) is 5.32 Å². The summed E-state index contributed by atoms with van der Waals surface area (Å²) in [6.45, 7) is 5.88. The van der Waals surface area contributed by atoms with Crippen LogP contribution in [0.1, 0.15) is 37.8 Å². The molecule has 0 aromatic heterocycles. The number of likely N-dealkylation sites (N-methyl/N-ethyl adjacent to an activating group) is 1. The second-order valence-corrected chi connectivity index (χ2v) is 5.38. The molecule has 2 rings (SSSR count). The van der Waals surface area contributed by atoms with E-state index in [1.54, 1.807) is 0 Å². The molecule has 3 nitrogen and oxygen atoms in total. The zero-order chi connectivity index (χ0) is 14.4. The van der Waals surface area contributed by atoms with Crippen LogP contribution in [0.25, 0.3) is 0 Å². The van der Waals surface area contributed by atoms with Gasteiger partial charge in [0.1, 0.15) is 5.75 Å². The summed E-state index contributed by atoms with van der Waals surface area (Å²) in [5.41, 5.74) is 2.77. The average molecular weight is 277 g/mol. The first kappa shape index (κ1) is 15.3. The van der Waals surface area contributed by atoms with E-state index in [0.29, 0.717) is 12.1 Å². The van der Waals surface area contributed by atoms with Crippen LogP contribution < -0.4 is 10.1 Å². The van der Waals surface area contributed by atoms with Gasteiger partial charge in [0.2, 0.25) is 0 Å². The van der Waals surface area contributed by atoms with E-state index < -0.39 is 0 Å². The summed E-state index contributed by atoms with van der Waals surface area (Å²) in [4.78, 5) is 0. The van der Waals surface area contributed by atoms with Crippen molar-refractivity contribution in [3.05, 3.63) is 29.3 Å². The quantitative estimate of drug-likeness (QED) is 0.792. The lowest BCUT2D eigenvalue weighted by Gasteiger charge is -2.26. The number of nitrogens with one attached hydrogen (secondary N) is 1. The fourth-order valence-corrected chi connectivity index (χ4v) is 2.97. The van der Waals surface area contributed by atoms with Gasteiger partial charge in [0, 0.05) is 19.1 Å². The normalized spacial score (nSPS) is 16.6. The molecule has 3 heteroatoms. The topological polar surface area (TPSA) is 30.5 Å². The van der Waals surface area contributed by atoms with E-state index in [-0.39, 0.29) is 0 Å². The lowest BCUT2D eigenvalue weighted by Crippen LogP contribution is -2.39. The second-order valence-electron chi connectivity index (χ2n) is 5.38. The molecule has 0 amide bonds. The number of aryl methyl sites for hydroxylation is 1. The maximum atomic E-state index is 5.82. The van der Waals surface area contributed by atoms with Gasteiger partial charge in [-0.1, -0.05) is 19.1 Å². The van der Waals surface area contributed by atoms with Crippen molar-refractivity contribution in [2.24, 2.45) is 0 Å². The summed E-state index contributed by atoms with van der Waals surface area (Å²) >= 11 is 0. The first-order valence-corrected chi connectivity index (χ1v) is 7.82. The summed E-state index contributed by atoms with van der Waals surface area (Å²) in [5.74, 6) is 1.07. The van der Waals surface area contributed by atoms with E-state index in [4.69, 9.17) is 9.47 Å². The molecular formula is C17H27NO2. The van der Waals surface area contributed by atoms with Gasteiger partial charge in [0.25, 0.3) is 0 Å². The van der Waals surface area contributed by atoms with Crippen molar-refractivity contribution < 1.29 is 9.47 Å². The molecule has 0 bridgehead atoms. The second kappa shape index (κ2) is 7.65. The highest BCUT2D eigenvalue weighted by Gasteiger charge is 2.19. The Morgan fingerprint density at radius 1 is 1.35 bits per heavy atom. The molecule has 0 aliphatic carbocycles. The first-order valence-electron chi connectivity index (χ1n) is 7.82. The summed E-state index contributed by atoms with van der Waals surface area (Å²) < 4.78 is 11.4. The molecule has 0 saturated heterocycles. The number of hydrogen-bond acceptors (Lipinski definition) is 3. The van der Waals surface area contributed by atoms with Crippen molar-refractivity contribution >= 4 is 0 Å². The van der Waals surface area contributed by atoms with Crippen molar-refractivity contribution in [3.8, 4) is 5.75 Å². The van der Waals surface area contributed by atoms with Crippen LogP contribution in [-0.2, 0) is 17.6 Å². The highest BCUT2D eigenvalue weighted by Crippen LogP contribution is 2.26. The number of benzene rings is 1. The van der Waals surface area contributed by atoms with Gasteiger partial charge >= 0.3 is 0 Å². The maximum Gasteiger partial charge on any atom is 0.122 e. The molecule has 1 N–H and O–H groups in total. The van der Waals surface area contributed by atoms with Gasteiger partial charge in [-0.2, -0.15) is 0 Å². The third-order valence-corrected chi connectivity index (χ3v) is 4.10. The molecule has 0 radical (unpaired) electrons. The predicted octanol–water partition coefficient (Wildman–Crippen LogP) is 2.96. The Hall–Kier alpha value is -1.06.